The summed E-state index contributed by atoms with van der Waals surface area (Å²) in [5, 5.41) is 5.48. The minimum absolute atomic E-state index is 0.184. The molecular formula is C32H25N9O3. The van der Waals surface area contributed by atoms with Crippen LogP contribution in [0, 0.1) is 0 Å². The second-order valence-corrected chi connectivity index (χ2v) is 9.71. The van der Waals surface area contributed by atoms with Gasteiger partial charge in [0.05, 0.1) is 22.1 Å². The van der Waals surface area contributed by atoms with Crippen LogP contribution in [0.25, 0.3) is 45.1 Å². The topological polar surface area (TPSA) is 169 Å². The van der Waals surface area contributed by atoms with Crippen molar-refractivity contribution in [1.29, 1.82) is 0 Å². The smallest absolute Gasteiger partial charge is 0.324 e. The lowest BCUT2D eigenvalue weighted by Crippen LogP contribution is -2.20. The van der Waals surface area contributed by atoms with E-state index in [1.165, 1.54) is 0 Å². The van der Waals surface area contributed by atoms with Gasteiger partial charge in [-0.15, -0.1) is 0 Å². The number of H-pyrrole nitrogens is 2. The summed E-state index contributed by atoms with van der Waals surface area (Å²) in [5.41, 5.74) is 11.3. The number of fused-ring (bicyclic) bond motifs is 3. The van der Waals surface area contributed by atoms with E-state index in [4.69, 9.17) is 15.2 Å². The number of nitrogens with one attached hydrogen (secondary N) is 4. The van der Waals surface area contributed by atoms with Gasteiger partial charge in [-0.2, -0.15) is 0 Å². The van der Waals surface area contributed by atoms with Crippen LogP contribution in [-0.4, -0.2) is 42.7 Å². The number of nitrogens with zero attached hydrogens (tertiary/aromatic N) is 4. The third-order valence-electron chi connectivity index (χ3n) is 6.66. The second kappa shape index (κ2) is 11.4. The molecule has 5 heterocycles. The molecule has 0 radical (unpaired) electrons. The highest BCUT2D eigenvalue weighted by Crippen LogP contribution is 2.34. The van der Waals surface area contributed by atoms with Gasteiger partial charge >= 0.3 is 6.03 Å². The van der Waals surface area contributed by atoms with E-state index >= 15 is 0 Å². The van der Waals surface area contributed by atoms with Gasteiger partial charge in [-0.05, 0) is 60.7 Å². The van der Waals surface area contributed by atoms with Crippen molar-refractivity contribution < 1.29 is 14.3 Å². The normalized spacial score (nSPS) is 11.6. The first-order chi connectivity index (χ1) is 21.6. The molecular weight excluding hydrogens is 558 g/mol. The molecule has 0 atom stereocenters. The fourth-order valence-electron chi connectivity index (χ4n) is 4.62. The average molecular weight is 584 g/mol. The van der Waals surface area contributed by atoms with E-state index in [-0.39, 0.29) is 6.79 Å². The van der Waals surface area contributed by atoms with Crippen LogP contribution in [-0.2, 0) is 0 Å². The fraction of sp³-hybridized carbons (Fsp3) is 0.0312. The Hall–Kier alpha value is -6.43. The Balaban J connectivity index is 0.000000165. The Labute approximate surface area is 250 Å². The molecule has 0 unspecified atom stereocenters. The monoisotopic (exact) mass is 583 g/mol. The molecule has 0 spiro atoms. The summed E-state index contributed by atoms with van der Waals surface area (Å²) >= 11 is 0. The number of anilines is 3. The van der Waals surface area contributed by atoms with Gasteiger partial charge in [-0.1, -0.05) is 36.4 Å². The standard InChI is InChI=1S/C20H15N5O3.C12H10N4/c26-20(21-12-8-9-16-17(10-12)28-11-27-16)25-18-7-3-6-15(22-18)19-23-13-4-1-2-5-14(13)24-19;13-11-7-3-6-10(14-11)12-15-8-4-1-2-5-9(8)16-12/h1-10H,11H2,(H,23,24)(H2,21,22,25,26);1-7H,(H2,13,14)(H,15,16). The number of aromatic amines is 2. The molecule has 0 aliphatic carbocycles. The number of benzene rings is 3. The summed E-state index contributed by atoms with van der Waals surface area (Å²) in [4.78, 5) is 36.4. The van der Waals surface area contributed by atoms with Crippen molar-refractivity contribution in [3.8, 4) is 34.5 Å². The van der Waals surface area contributed by atoms with E-state index in [0.717, 1.165) is 33.6 Å². The molecule has 3 aromatic carbocycles. The van der Waals surface area contributed by atoms with Crippen LogP contribution in [0.2, 0.25) is 0 Å². The molecule has 8 rings (SSSR count). The molecule has 0 saturated carbocycles. The Bertz CT molecular complexity index is 2060. The first-order valence-corrected chi connectivity index (χ1v) is 13.6. The number of pyridine rings is 2. The molecule has 1 aliphatic heterocycles. The third-order valence-corrected chi connectivity index (χ3v) is 6.66. The van der Waals surface area contributed by atoms with Crippen LogP contribution in [0.3, 0.4) is 0 Å². The van der Waals surface area contributed by atoms with Gasteiger partial charge in [0.25, 0.3) is 0 Å². The summed E-state index contributed by atoms with van der Waals surface area (Å²) in [7, 11) is 0. The number of imidazole rings is 2. The first-order valence-electron chi connectivity index (χ1n) is 13.6. The molecule has 12 nitrogen and oxygen atoms in total. The molecule has 6 N–H and O–H groups in total. The van der Waals surface area contributed by atoms with E-state index in [1.807, 2.05) is 72.8 Å². The predicted octanol–water partition coefficient (Wildman–Crippen LogP) is 6.20. The van der Waals surface area contributed by atoms with Crippen molar-refractivity contribution in [2.45, 2.75) is 0 Å². The highest BCUT2D eigenvalue weighted by Gasteiger charge is 2.15. The first kappa shape index (κ1) is 26.5. The quantitative estimate of drug-likeness (QED) is 0.163. The zero-order valence-electron chi connectivity index (χ0n) is 23.1. The van der Waals surface area contributed by atoms with Crippen LogP contribution < -0.4 is 25.8 Å². The summed E-state index contributed by atoms with van der Waals surface area (Å²) in [5.74, 6) is 3.55. The maximum Gasteiger partial charge on any atom is 0.324 e. The number of amides is 2. The van der Waals surface area contributed by atoms with Crippen LogP contribution >= 0.6 is 0 Å². The Morgan fingerprint density at radius 3 is 1.98 bits per heavy atom. The number of aromatic nitrogens is 6. The SMILES string of the molecule is Nc1cccc(-c2nc3ccccc3[nH]2)n1.O=C(Nc1ccc2c(c1)OCO2)Nc1cccc(-c2nc3ccccc3[nH]2)n1. The summed E-state index contributed by atoms with van der Waals surface area (Å²) in [6.07, 6.45) is 0. The van der Waals surface area contributed by atoms with Gasteiger partial charge in [0, 0.05) is 11.8 Å². The number of nitrogens with two attached hydrogens (primary N) is 1. The summed E-state index contributed by atoms with van der Waals surface area (Å²) in [6.45, 7) is 0.184. The highest BCUT2D eigenvalue weighted by molar-refractivity contribution is 5.99. The van der Waals surface area contributed by atoms with Gasteiger partial charge in [0.1, 0.15) is 23.0 Å². The molecule has 44 heavy (non-hydrogen) atoms. The fourth-order valence-corrected chi connectivity index (χ4v) is 4.62. The van der Waals surface area contributed by atoms with Gasteiger partial charge in [-0.25, -0.2) is 24.7 Å². The Kier molecular flexibility index (Phi) is 6.89. The highest BCUT2D eigenvalue weighted by atomic mass is 16.7. The number of urea groups is 1. The van der Waals surface area contributed by atoms with Crippen molar-refractivity contribution in [2.24, 2.45) is 0 Å². The summed E-state index contributed by atoms with van der Waals surface area (Å²) < 4.78 is 10.6. The van der Waals surface area contributed by atoms with Gasteiger partial charge in [0.2, 0.25) is 6.79 Å². The second-order valence-electron chi connectivity index (χ2n) is 9.71. The zero-order valence-corrected chi connectivity index (χ0v) is 23.1. The molecule has 12 heteroatoms. The van der Waals surface area contributed by atoms with Gasteiger partial charge in [-0.3, -0.25) is 5.32 Å². The maximum atomic E-state index is 12.3. The number of para-hydroxylation sites is 4. The maximum absolute atomic E-state index is 12.3. The van der Waals surface area contributed by atoms with E-state index in [9.17, 15) is 4.79 Å². The lowest BCUT2D eigenvalue weighted by molar-refractivity contribution is 0.174. The van der Waals surface area contributed by atoms with E-state index < -0.39 is 6.03 Å². The van der Waals surface area contributed by atoms with Crippen LogP contribution in [0.5, 0.6) is 11.5 Å². The van der Waals surface area contributed by atoms with Gasteiger partial charge < -0.3 is 30.5 Å². The predicted molar refractivity (Wildman–Crippen MR) is 168 cm³/mol. The molecule has 0 saturated heterocycles. The van der Waals surface area contributed by atoms with Gasteiger partial charge in [0.15, 0.2) is 23.1 Å². The zero-order chi connectivity index (χ0) is 29.9. The van der Waals surface area contributed by atoms with Crippen molar-refractivity contribution >= 4 is 45.4 Å². The molecule has 216 valence electrons. The van der Waals surface area contributed by atoms with Crippen molar-refractivity contribution in [2.75, 3.05) is 23.2 Å². The minimum atomic E-state index is -0.409. The lowest BCUT2D eigenvalue weighted by Gasteiger charge is -2.08. The summed E-state index contributed by atoms with van der Waals surface area (Å²) in [6, 6.07) is 31.3. The Morgan fingerprint density at radius 2 is 1.30 bits per heavy atom. The number of ether oxygens (including phenoxy) is 2. The number of nitrogen functional groups attached to an aromatic ring is 1. The largest absolute Gasteiger partial charge is 0.454 e. The lowest BCUT2D eigenvalue weighted by atomic mass is 10.3. The molecule has 2 amide bonds. The van der Waals surface area contributed by atoms with Crippen LogP contribution in [0.1, 0.15) is 0 Å². The number of carbonyl (C=O) groups excluding carboxylic acids is 1. The molecule has 1 aliphatic rings. The molecule has 4 aromatic heterocycles. The average Bonchev–Trinajstić information content (AvgIpc) is 3.79. The number of rotatable bonds is 4. The van der Waals surface area contributed by atoms with E-state index in [1.54, 1.807) is 30.3 Å². The molecule has 7 aromatic rings. The van der Waals surface area contributed by atoms with Crippen molar-refractivity contribution in [3.63, 3.8) is 0 Å². The molecule has 0 fully saturated rings. The minimum Gasteiger partial charge on any atom is -0.454 e. The third kappa shape index (κ3) is 5.67. The molecule has 0 bridgehead atoms. The van der Waals surface area contributed by atoms with Crippen molar-refractivity contribution in [1.82, 2.24) is 29.9 Å². The van der Waals surface area contributed by atoms with Crippen molar-refractivity contribution in [3.05, 3.63) is 103 Å². The number of carbonyl (C=O) groups is 1. The Morgan fingerprint density at radius 1 is 0.659 bits per heavy atom. The number of hydrogen-bond donors (Lipinski definition) is 5. The van der Waals surface area contributed by atoms with E-state index in [0.29, 0.717) is 40.3 Å². The van der Waals surface area contributed by atoms with E-state index in [2.05, 4.69) is 40.5 Å². The van der Waals surface area contributed by atoms with Crippen LogP contribution in [0.4, 0.5) is 22.1 Å². The van der Waals surface area contributed by atoms with Crippen LogP contribution in [0.15, 0.2) is 103 Å². The number of hydrogen-bond acceptors (Lipinski definition) is 8.